The van der Waals surface area contributed by atoms with E-state index < -0.39 is 5.54 Å². The molecule has 0 amide bonds. The Morgan fingerprint density at radius 2 is 2.20 bits per heavy atom. The summed E-state index contributed by atoms with van der Waals surface area (Å²) >= 11 is 5.94. The summed E-state index contributed by atoms with van der Waals surface area (Å²) in [5.74, 6) is -0.375. The fraction of sp³-hybridized carbons (Fsp3) is 0.455. The van der Waals surface area contributed by atoms with Gasteiger partial charge in [0.05, 0.1) is 12.1 Å². The van der Waals surface area contributed by atoms with Crippen molar-refractivity contribution < 1.29 is 9.50 Å². The van der Waals surface area contributed by atoms with Crippen LogP contribution in [0.2, 0.25) is 5.02 Å². The van der Waals surface area contributed by atoms with Crippen LogP contribution in [0.1, 0.15) is 19.4 Å². The third-order valence-electron chi connectivity index (χ3n) is 2.41. The van der Waals surface area contributed by atoms with Crippen LogP contribution in [-0.2, 0) is 5.54 Å². The lowest BCUT2D eigenvalue weighted by Gasteiger charge is -2.29. The summed E-state index contributed by atoms with van der Waals surface area (Å²) in [5.41, 5.74) is 0.0782. The average molecular weight is 232 g/mol. The van der Waals surface area contributed by atoms with Gasteiger partial charge in [-0.05, 0) is 31.2 Å². The number of aliphatic hydroxyl groups excluding tert-OH is 1. The zero-order chi connectivity index (χ0) is 11.5. The van der Waals surface area contributed by atoms with E-state index in [-0.39, 0.29) is 12.4 Å². The maximum absolute atomic E-state index is 12.9. The molecule has 1 rings (SSSR count). The van der Waals surface area contributed by atoms with Gasteiger partial charge in [-0.25, -0.2) is 4.39 Å². The van der Waals surface area contributed by atoms with Crippen molar-refractivity contribution in [2.24, 2.45) is 0 Å². The lowest BCUT2D eigenvalue weighted by molar-refractivity contribution is 0.177. The van der Waals surface area contributed by atoms with Crippen LogP contribution < -0.4 is 5.32 Å². The van der Waals surface area contributed by atoms with Crippen LogP contribution in [0.15, 0.2) is 18.2 Å². The number of nitrogens with one attached hydrogen (secondary N) is 1. The second-order valence-electron chi connectivity index (χ2n) is 3.64. The quantitative estimate of drug-likeness (QED) is 0.834. The number of rotatable bonds is 4. The van der Waals surface area contributed by atoms with Gasteiger partial charge in [0.15, 0.2) is 0 Å². The molecule has 1 aromatic rings. The second kappa shape index (κ2) is 4.92. The number of aliphatic hydroxyl groups is 1. The molecule has 1 unspecified atom stereocenters. The highest BCUT2D eigenvalue weighted by molar-refractivity contribution is 6.31. The summed E-state index contributed by atoms with van der Waals surface area (Å²) in [7, 11) is 0. The van der Waals surface area contributed by atoms with E-state index >= 15 is 0 Å². The Bertz CT molecular complexity index is 345. The Hall–Kier alpha value is -0.640. The van der Waals surface area contributed by atoms with Crippen molar-refractivity contribution in [3.8, 4) is 0 Å². The second-order valence-corrected chi connectivity index (χ2v) is 4.05. The van der Waals surface area contributed by atoms with Gasteiger partial charge in [0.1, 0.15) is 5.82 Å². The maximum atomic E-state index is 12.9. The zero-order valence-electron chi connectivity index (χ0n) is 8.85. The van der Waals surface area contributed by atoms with Gasteiger partial charge >= 0.3 is 0 Å². The van der Waals surface area contributed by atoms with Crippen LogP contribution in [0.3, 0.4) is 0 Å². The smallest absolute Gasteiger partial charge is 0.124 e. The average Bonchev–Trinajstić information content (AvgIpc) is 2.17. The third-order valence-corrected chi connectivity index (χ3v) is 2.72. The molecule has 4 heteroatoms. The van der Waals surface area contributed by atoms with E-state index in [2.05, 4.69) is 5.32 Å². The minimum absolute atomic E-state index is 0.0911. The van der Waals surface area contributed by atoms with Gasteiger partial charge < -0.3 is 10.4 Å². The zero-order valence-corrected chi connectivity index (χ0v) is 9.61. The molecular formula is C11H15ClFNO. The van der Waals surface area contributed by atoms with Crippen molar-refractivity contribution in [3.05, 3.63) is 34.6 Å². The van der Waals surface area contributed by atoms with E-state index in [1.54, 1.807) is 6.07 Å². The van der Waals surface area contributed by atoms with Crippen LogP contribution in [0.4, 0.5) is 4.39 Å². The van der Waals surface area contributed by atoms with E-state index in [9.17, 15) is 9.50 Å². The largest absolute Gasteiger partial charge is 0.394 e. The first-order valence-electron chi connectivity index (χ1n) is 4.85. The fourth-order valence-corrected chi connectivity index (χ4v) is 1.94. The number of benzene rings is 1. The monoisotopic (exact) mass is 231 g/mol. The van der Waals surface area contributed by atoms with Crippen molar-refractivity contribution in [1.29, 1.82) is 0 Å². The van der Waals surface area contributed by atoms with Gasteiger partial charge in [-0.15, -0.1) is 0 Å². The lowest BCUT2D eigenvalue weighted by Crippen LogP contribution is -2.43. The van der Waals surface area contributed by atoms with Gasteiger partial charge in [0.25, 0.3) is 0 Å². The van der Waals surface area contributed by atoms with Crippen molar-refractivity contribution in [3.63, 3.8) is 0 Å². The molecule has 1 atom stereocenters. The highest BCUT2D eigenvalue weighted by Crippen LogP contribution is 2.28. The summed E-state index contributed by atoms with van der Waals surface area (Å²) in [5, 5.41) is 12.8. The van der Waals surface area contributed by atoms with Crippen LogP contribution in [0.25, 0.3) is 0 Å². The van der Waals surface area contributed by atoms with Crippen LogP contribution in [0.5, 0.6) is 0 Å². The number of hydrogen-bond acceptors (Lipinski definition) is 2. The van der Waals surface area contributed by atoms with E-state index in [0.717, 1.165) is 0 Å². The van der Waals surface area contributed by atoms with Crippen molar-refractivity contribution in [1.82, 2.24) is 5.32 Å². The van der Waals surface area contributed by atoms with Crippen molar-refractivity contribution in [2.45, 2.75) is 19.4 Å². The first-order valence-corrected chi connectivity index (χ1v) is 5.22. The Morgan fingerprint density at radius 3 is 2.67 bits per heavy atom. The molecule has 0 radical (unpaired) electrons. The molecular weight excluding hydrogens is 217 g/mol. The molecule has 0 saturated carbocycles. The van der Waals surface area contributed by atoms with Gasteiger partial charge in [-0.2, -0.15) is 0 Å². The summed E-state index contributed by atoms with van der Waals surface area (Å²) in [6.07, 6.45) is 0. The number of halogens is 2. The molecule has 84 valence electrons. The molecule has 0 aliphatic carbocycles. The SMILES string of the molecule is CCNC(C)(CO)c1ccc(F)cc1Cl. The highest BCUT2D eigenvalue weighted by atomic mass is 35.5. The van der Waals surface area contributed by atoms with Crippen molar-refractivity contribution in [2.75, 3.05) is 13.2 Å². The molecule has 0 aliphatic heterocycles. The Balaban J connectivity index is 3.12. The van der Waals surface area contributed by atoms with Gasteiger partial charge in [0, 0.05) is 5.02 Å². The normalized spacial score (nSPS) is 15.0. The van der Waals surface area contributed by atoms with Crippen LogP contribution in [0, 0.1) is 5.82 Å². The molecule has 0 saturated heterocycles. The predicted octanol–water partition coefficient (Wildman–Crippen LogP) is 2.30. The van der Waals surface area contributed by atoms with Gasteiger partial charge in [-0.1, -0.05) is 24.6 Å². The van der Waals surface area contributed by atoms with Crippen LogP contribution in [-0.4, -0.2) is 18.3 Å². The predicted molar refractivity (Wildman–Crippen MR) is 59.5 cm³/mol. The highest BCUT2D eigenvalue weighted by Gasteiger charge is 2.26. The third kappa shape index (κ3) is 2.68. The van der Waals surface area contributed by atoms with Crippen molar-refractivity contribution >= 4 is 11.6 Å². The Morgan fingerprint density at radius 1 is 1.53 bits per heavy atom. The minimum atomic E-state index is -0.625. The molecule has 2 nitrogen and oxygen atoms in total. The summed E-state index contributed by atoms with van der Waals surface area (Å²) in [6.45, 7) is 4.37. The van der Waals surface area contributed by atoms with E-state index in [1.165, 1.54) is 12.1 Å². The molecule has 0 aromatic heterocycles. The maximum Gasteiger partial charge on any atom is 0.124 e. The number of likely N-dealkylation sites (N-methyl/N-ethyl adjacent to an activating group) is 1. The minimum Gasteiger partial charge on any atom is -0.394 e. The molecule has 0 fully saturated rings. The van der Waals surface area contributed by atoms with Gasteiger partial charge in [0.2, 0.25) is 0 Å². The van der Waals surface area contributed by atoms with Gasteiger partial charge in [-0.3, -0.25) is 0 Å². The topological polar surface area (TPSA) is 32.3 Å². The number of hydrogen-bond donors (Lipinski definition) is 2. The summed E-state index contributed by atoms with van der Waals surface area (Å²) in [6, 6.07) is 4.19. The molecule has 15 heavy (non-hydrogen) atoms. The van der Waals surface area contributed by atoms with E-state index in [0.29, 0.717) is 17.1 Å². The molecule has 1 aromatic carbocycles. The first kappa shape index (κ1) is 12.4. The van der Waals surface area contributed by atoms with Crippen LogP contribution >= 0.6 is 11.6 Å². The Labute approximate surface area is 94.1 Å². The molecule has 2 N–H and O–H groups in total. The molecule has 0 heterocycles. The fourth-order valence-electron chi connectivity index (χ4n) is 1.56. The van der Waals surface area contributed by atoms with E-state index in [1.807, 2.05) is 13.8 Å². The standard InChI is InChI=1S/C11H15ClFNO/c1-3-14-11(2,7-15)9-5-4-8(13)6-10(9)12/h4-6,14-15H,3,7H2,1-2H3. The van der Waals surface area contributed by atoms with E-state index in [4.69, 9.17) is 11.6 Å². The Kier molecular flexibility index (Phi) is 4.08. The molecule has 0 aliphatic rings. The summed E-state index contributed by atoms with van der Waals surface area (Å²) < 4.78 is 12.9. The lowest BCUT2D eigenvalue weighted by atomic mass is 9.93. The summed E-state index contributed by atoms with van der Waals surface area (Å²) in [4.78, 5) is 0. The molecule has 0 bridgehead atoms. The first-order chi connectivity index (χ1) is 7.03. The molecule has 0 spiro atoms.